The van der Waals surface area contributed by atoms with Crippen molar-refractivity contribution in [2.24, 2.45) is 0 Å². The van der Waals surface area contributed by atoms with Crippen molar-refractivity contribution in [2.45, 2.75) is 32.8 Å². The third-order valence-electron chi connectivity index (χ3n) is 2.74. The molecule has 0 N–H and O–H groups in total. The van der Waals surface area contributed by atoms with Crippen LogP contribution in [0.5, 0.6) is 5.75 Å². The largest absolute Gasteiger partial charge is 0.490 e. The van der Waals surface area contributed by atoms with Crippen LogP contribution in [0.3, 0.4) is 0 Å². The highest BCUT2D eigenvalue weighted by molar-refractivity contribution is 6.31. The zero-order chi connectivity index (χ0) is 11.7. The average molecular weight is 241 g/mol. The Kier molecular flexibility index (Phi) is 3.41. The fraction of sp³-hybridized carbons (Fsp3) is 0.538. The lowest BCUT2D eigenvalue weighted by Crippen LogP contribution is -2.06. The molecule has 1 aliphatic heterocycles. The van der Waals surface area contributed by atoms with Gasteiger partial charge in [0, 0.05) is 5.02 Å². The monoisotopic (exact) mass is 240 g/mol. The van der Waals surface area contributed by atoms with E-state index in [1.165, 1.54) is 0 Å². The summed E-state index contributed by atoms with van der Waals surface area (Å²) in [5, 5.41) is 0.804. The number of rotatable bonds is 4. The van der Waals surface area contributed by atoms with Gasteiger partial charge >= 0.3 is 0 Å². The lowest BCUT2D eigenvalue weighted by Gasteiger charge is -2.15. The van der Waals surface area contributed by atoms with Crippen LogP contribution in [0.4, 0.5) is 0 Å². The molecule has 1 fully saturated rings. The van der Waals surface area contributed by atoms with Gasteiger partial charge in [-0.25, -0.2) is 0 Å². The van der Waals surface area contributed by atoms with Gasteiger partial charge in [0.15, 0.2) is 0 Å². The van der Waals surface area contributed by atoms with E-state index in [0.29, 0.717) is 12.5 Å². The van der Waals surface area contributed by atoms with Crippen LogP contribution >= 0.6 is 11.6 Å². The predicted molar refractivity (Wildman–Crippen MR) is 65.5 cm³/mol. The zero-order valence-electron chi connectivity index (χ0n) is 9.92. The molecule has 2 nitrogen and oxygen atoms in total. The van der Waals surface area contributed by atoms with Gasteiger partial charge in [0.05, 0.1) is 6.61 Å². The summed E-state index contributed by atoms with van der Waals surface area (Å²) in [5.41, 5.74) is 2.22. The maximum atomic E-state index is 6.12. The third kappa shape index (κ3) is 2.69. The molecular weight excluding hydrogens is 224 g/mol. The Morgan fingerprint density at radius 1 is 1.50 bits per heavy atom. The fourth-order valence-corrected chi connectivity index (χ4v) is 1.77. The molecule has 16 heavy (non-hydrogen) atoms. The van der Waals surface area contributed by atoms with Crippen molar-refractivity contribution in [3.63, 3.8) is 0 Å². The lowest BCUT2D eigenvalue weighted by molar-refractivity contribution is 0.260. The molecule has 1 saturated heterocycles. The van der Waals surface area contributed by atoms with Gasteiger partial charge in [0.1, 0.15) is 18.5 Å². The lowest BCUT2D eigenvalue weighted by atomic mass is 10.0. The molecule has 0 saturated carbocycles. The quantitative estimate of drug-likeness (QED) is 0.751. The Morgan fingerprint density at radius 2 is 2.19 bits per heavy atom. The molecule has 0 spiro atoms. The average Bonchev–Trinajstić information content (AvgIpc) is 3.02. The van der Waals surface area contributed by atoms with Crippen LogP contribution < -0.4 is 4.74 Å². The summed E-state index contributed by atoms with van der Waals surface area (Å²) in [6, 6.07) is 4.02. The minimum absolute atomic E-state index is 0.288. The number of aryl methyl sites for hydroxylation is 1. The molecule has 2 rings (SSSR count). The van der Waals surface area contributed by atoms with E-state index in [0.717, 1.165) is 28.5 Å². The molecule has 3 heteroatoms. The molecular formula is C13H17ClO2. The molecule has 1 aliphatic rings. The molecule has 1 atom stereocenters. The topological polar surface area (TPSA) is 21.8 Å². The molecule has 1 aromatic rings. The minimum Gasteiger partial charge on any atom is -0.490 e. The van der Waals surface area contributed by atoms with Crippen LogP contribution in [-0.4, -0.2) is 19.3 Å². The molecule has 88 valence electrons. The van der Waals surface area contributed by atoms with E-state index in [-0.39, 0.29) is 6.10 Å². The van der Waals surface area contributed by atoms with E-state index in [1.807, 2.05) is 19.1 Å². The van der Waals surface area contributed by atoms with E-state index in [2.05, 4.69) is 13.8 Å². The first kappa shape index (κ1) is 11.7. The Morgan fingerprint density at radius 3 is 2.75 bits per heavy atom. The van der Waals surface area contributed by atoms with Crippen LogP contribution in [0.25, 0.3) is 0 Å². The highest BCUT2D eigenvalue weighted by atomic mass is 35.5. The van der Waals surface area contributed by atoms with Crippen LogP contribution in [0.1, 0.15) is 30.9 Å². The van der Waals surface area contributed by atoms with Gasteiger partial charge in [0.2, 0.25) is 0 Å². The number of halogens is 1. The van der Waals surface area contributed by atoms with E-state index in [9.17, 15) is 0 Å². The smallest absolute Gasteiger partial charge is 0.123 e. The van der Waals surface area contributed by atoms with Crippen LogP contribution in [0.15, 0.2) is 12.1 Å². The van der Waals surface area contributed by atoms with Crippen molar-refractivity contribution in [3.8, 4) is 5.75 Å². The summed E-state index contributed by atoms with van der Waals surface area (Å²) in [5.74, 6) is 1.35. The SMILES string of the molecule is Cc1cc(OCC2CO2)c(C(C)C)cc1Cl. The summed E-state index contributed by atoms with van der Waals surface area (Å²) >= 11 is 6.12. The second-order valence-corrected chi connectivity index (χ2v) is 4.97. The van der Waals surface area contributed by atoms with Crippen molar-refractivity contribution in [2.75, 3.05) is 13.2 Å². The molecule has 0 amide bonds. The number of hydrogen-bond donors (Lipinski definition) is 0. The number of epoxide rings is 1. The number of ether oxygens (including phenoxy) is 2. The number of hydrogen-bond acceptors (Lipinski definition) is 2. The Labute approximate surface area is 102 Å². The first-order chi connectivity index (χ1) is 7.58. The van der Waals surface area contributed by atoms with Gasteiger partial charge in [-0.15, -0.1) is 0 Å². The second kappa shape index (κ2) is 4.64. The highest BCUT2D eigenvalue weighted by Crippen LogP contribution is 2.32. The Hall–Kier alpha value is -0.730. The molecule has 0 radical (unpaired) electrons. The van der Waals surface area contributed by atoms with Gasteiger partial charge in [-0.05, 0) is 36.1 Å². The van der Waals surface area contributed by atoms with E-state index < -0.39 is 0 Å². The molecule has 0 bridgehead atoms. The summed E-state index contributed by atoms with van der Waals surface area (Å²) in [6.45, 7) is 7.74. The normalized spacial score (nSPS) is 18.9. The number of benzene rings is 1. The van der Waals surface area contributed by atoms with Crippen molar-refractivity contribution >= 4 is 11.6 Å². The summed E-state index contributed by atoms with van der Waals surface area (Å²) < 4.78 is 10.9. The Bertz CT molecular complexity index is 384. The molecule has 0 aromatic heterocycles. The van der Waals surface area contributed by atoms with Crippen molar-refractivity contribution < 1.29 is 9.47 Å². The molecule has 1 unspecified atom stereocenters. The molecule has 1 heterocycles. The maximum absolute atomic E-state index is 6.12. The van der Waals surface area contributed by atoms with Gasteiger partial charge in [0.25, 0.3) is 0 Å². The summed E-state index contributed by atoms with van der Waals surface area (Å²) in [7, 11) is 0. The van der Waals surface area contributed by atoms with Crippen molar-refractivity contribution in [3.05, 3.63) is 28.3 Å². The van der Waals surface area contributed by atoms with Crippen molar-refractivity contribution in [1.82, 2.24) is 0 Å². The van der Waals surface area contributed by atoms with E-state index in [1.54, 1.807) is 0 Å². The predicted octanol–water partition coefficient (Wildman–Crippen LogP) is 3.55. The van der Waals surface area contributed by atoms with Gasteiger partial charge in [-0.1, -0.05) is 25.4 Å². The first-order valence-corrected chi connectivity index (χ1v) is 6.00. The minimum atomic E-state index is 0.288. The highest BCUT2D eigenvalue weighted by Gasteiger charge is 2.24. The Balaban J connectivity index is 2.21. The maximum Gasteiger partial charge on any atom is 0.123 e. The zero-order valence-corrected chi connectivity index (χ0v) is 10.7. The van der Waals surface area contributed by atoms with Gasteiger partial charge < -0.3 is 9.47 Å². The van der Waals surface area contributed by atoms with Crippen molar-refractivity contribution in [1.29, 1.82) is 0 Å². The first-order valence-electron chi connectivity index (χ1n) is 5.62. The van der Waals surface area contributed by atoms with Crippen LogP contribution in [0.2, 0.25) is 5.02 Å². The fourth-order valence-electron chi connectivity index (χ4n) is 1.59. The van der Waals surface area contributed by atoms with E-state index >= 15 is 0 Å². The van der Waals surface area contributed by atoms with Crippen LogP contribution in [-0.2, 0) is 4.74 Å². The standard InChI is InChI=1S/C13H17ClO2/c1-8(2)11-5-12(14)9(3)4-13(11)16-7-10-6-15-10/h4-5,8,10H,6-7H2,1-3H3. The summed E-state index contributed by atoms with van der Waals surface area (Å²) in [6.07, 6.45) is 0.288. The van der Waals surface area contributed by atoms with Crippen LogP contribution in [0, 0.1) is 6.92 Å². The van der Waals surface area contributed by atoms with Gasteiger partial charge in [-0.3, -0.25) is 0 Å². The van der Waals surface area contributed by atoms with E-state index in [4.69, 9.17) is 21.1 Å². The van der Waals surface area contributed by atoms with Gasteiger partial charge in [-0.2, -0.15) is 0 Å². The molecule has 0 aliphatic carbocycles. The second-order valence-electron chi connectivity index (χ2n) is 4.56. The molecule has 1 aromatic carbocycles. The third-order valence-corrected chi connectivity index (χ3v) is 3.15. The summed E-state index contributed by atoms with van der Waals surface area (Å²) in [4.78, 5) is 0.